The Morgan fingerprint density at radius 2 is 1.86 bits per heavy atom. The number of piperidine rings is 1. The first kappa shape index (κ1) is 20.9. The fourth-order valence-electron chi connectivity index (χ4n) is 6.58. The standard InChI is InChI=1S/C21H27F2N3O2.ClH/c1-28-20(12-5-6-25-18(7-12)19(24)27)13-3-2-4-14(20)11-26(10-13)15-8-16-17(9-15)21(16,22)23;/h5-7,13-17H,2-4,8-11H2,1H3,(H2,24,27);1H/t13-,14+,15-,16+,17-,20?;. The van der Waals surface area contributed by atoms with Gasteiger partial charge in [-0.05, 0) is 43.4 Å². The molecule has 4 fully saturated rings. The number of halogens is 3. The second-order valence-corrected chi connectivity index (χ2v) is 9.08. The summed E-state index contributed by atoms with van der Waals surface area (Å²) in [6, 6.07) is 3.98. The number of carbonyl (C=O) groups is 1. The van der Waals surface area contributed by atoms with E-state index in [-0.39, 0.29) is 36.0 Å². The van der Waals surface area contributed by atoms with E-state index in [1.54, 1.807) is 19.4 Å². The van der Waals surface area contributed by atoms with Crippen molar-refractivity contribution < 1.29 is 18.3 Å². The molecule has 3 saturated carbocycles. The van der Waals surface area contributed by atoms with E-state index in [9.17, 15) is 13.6 Å². The molecule has 6 atom stereocenters. The van der Waals surface area contributed by atoms with Crippen LogP contribution in [0.5, 0.6) is 0 Å². The quantitative estimate of drug-likeness (QED) is 0.801. The van der Waals surface area contributed by atoms with E-state index in [2.05, 4.69) is 9.88 Å². The summed E-state index contributed by atoms with van der Waals surface area (Å²) in [4.78, 5) is 18.2. The van der Waals surface area contributed by atoms with Crippen LogP contribution in [0.1, 0.15) is 48.2 Å². The summed E-state index contributed by atoms with van der Waals surface area (Å²) in [7, 11) is 1.75. The molecule has 5 nitrogen and oxygen atoms in total. The highest BCUT2D eigenvalue weighted by atomic mass is 35.5. The zero-order valence-corrected chi connectivity index (χ0v) is 17.3. The Kier molecular flexibility index (Phi) is 5.15. The van der Waals surface area contributed by atoms with E-state index in [1.165, 1.54) is 0 Å². The molecule has 1 amide bonds. The number of alkyl halides is 2. The molecule has 160 valence electrons. The SMILES string of the molecule is COC1(c2ccnc(C(N)=O)c2)[C@@H]2CCC[C@H]1CN([C@H]1C[C@@H]3[C@H](C1)C3(F)F)C2.Cl. The lowest BCUT2D eigenvalue weighted by molar-refractivity contribution is -0.175. The maximum atomic E-state index is 13.6. The zero-order chi connectivity index (χ0) is 19.7. The van der Waals surface area contributed by atoms with Crippen LogP contribution in [0.4, 0.5) is 8.78 Å². The van der Waals surface area contributed by atoms with Gasteiger partial charge in [-0.15, -0.1) is 12.4 Å². The highest BCUT2D eigenvalue weighted by molar-refractivity contribution is 5.90. The van der Waals surface area contributed by atoms with Crippen LogP contribution in [0.25, 0.3) is 0 Å². The smallest absolute Gasteiger partial charge is 0.267 e. The van der Waals surface area contributed by atoms with Crippen LogP contribution in [0.15, 0.2) is 18.3 Å². The molecule has 1 aromatic rings. The van der Waals surface area contributed by atoms with Crippen LogP contribution in [-0.4, -0.2) is 48.0 Å². The van der Waals surface area contributed by atoms with Gasteiger partial charge >= 0.3 is 0 Å². The zero-order valence-electron chi connectivity index (χ0n) is 16.5. The Balaban J connectivity index is 0.00000205. The fraction of sp³-hybridized carbons (Fsp3) is 0.714. The second-order valence-electron chi connectivity index (χ2n) is 9.08. The van der Waals surface area contributed by atoms with Crippen molar-refractivity contribution in [3.05, 3.63) is 29.6 Å². The third-order valence-corrected chi connectivity index (χ3v) is 7.96. The minimum absolute atomic E-state index is 0. The minimum Gasteiger partial charge on any atom is -0.373 e. The highest BCUT2D eigenvalue weighted by Gasteiger charge is 2.72. The number of ether oxygens (including phenoxy) is 1. The van der Waals surface area contributed by atoms with Crippen molar-refractivity contribution in [2.24, 2.45) is 29.4 Å². The van der Waals surface area contributed by atoms with E-state index < -0.39 is 29.3 Å². The molecule has 0 radical (unpaired) electrons. The lowest BCUT2D eigenvalue weighted by Gasteiger charge is -2.56. The van der Waals surface area contributed by atoms with E-state index >= 15 is 0 Å². The number of fused-ring (bicyclic) bond motifs is 3. The average molecular weight is 428 g/mol. The molecular weight excluding hydrogens is 400 g/mol. The third-order valence-electron chi connectivity index (χ3n) is 7.96. The monoisotopic (exact) mass is 427 g/mol. The maximum absolute atomic E-state index is 13.6. The summed E-state index contributed by atoms with van der Waals surface area (Å²) in [6.07, 6.45) is 6.09. The second kappa shape index (κ2) is 7.13. The van der Waals surface area contributed by atoms with Crippen LogP contribution in [0.2, 0.25) is 0 Å². The number of hydrogen-bond donors (Lipinski definition) is 1. The van der Waals surface area contributed by atoms with Crippen LogP contribution < -0.4 is 5.73 Å². The summed E-state index contributed by atoms with van der Waals surface area (Å²) >= 11 is 0. The van der Waals surface area contributed by atoms with Gasteiger partial charge in [0.15, 0.2) is 0 Å². The fourth-order valence-corrected chi connectivity index (χ4v) is 6.58. The molecule has 0 spiro atoms. The van der Waals surface area contributed by atoms with Crippen molar-refractivity contribution >= 4 is 18.3 Å². The summed E-state index contributed by atoms with van der Waals surface area (Å²) in [6.45, 7) is 1.71. The average Bonchev–Trinajstić information content (AvgIpc) is 3.01. The van der Waals surface area contributed by atoms with E-state index in [4.69, 9.17) is 10.5 Å². The molecule has 2 heterocycles. The van der Waals surface area contributed by atoms with Crippen LogP contribution in [0.3, 0.4) is 0 Å². The van der Waals surface area contributed by atoms with Crippen LogP contribution in [-0.2, 0) is 10.3 Å². The predicted octanol–water partition coefficient (Wildman–Crippen LogP) is 3.22. The Labute approximate surface area is 175 Å². The molecule has 1 saturated heterocycles. The van der Waals surface area contributed by atoms with Crippen molar-refractivity contribution in [3.8, 4) is 0 Å². The van der Waals surface area contributed by atoms with Gasteiger partial charge < -0.3 is 10.5 Å². The van der Waals surface area contributed by atoms with Crippen LogP contribution >= 0.6 is 12.4 Å². The molecule has 2 N–H and O–H groups in total. The van der Waals surface area contributed by atoms with Crippen molar-refractivity contribution in [3.63, 3.8) is 0 Å². The molecule has 1 aliphatic heterocycles. The minimum atomic E-state index is -2.42. The summed E-state index contributed by atoms with van der Waals surface area (Å²) in [5.74, 6) is -3.21. The van der Waals surface area contributed by atoms with E-state index in [1.807, 2.05) is 6.07 Å². The number of rotatable bonds is 4. The number of nitrogens with zero attached hydrogens (tertiary/aromatic N) is 2. The molecule has 1 aromatic heterocycles. The number of amides is 1. The largest absolute Gasteiger partial charge is 0.373 e. The van der Waals surface area contributed by atoms with Gasteiger partial charge in [0, 0.05) is 56.1 Å². The van der Waals surface area contributed by atoms with Gasteiger partial charge in [0.25, 0.3) is 11.8 Å². The molecule has 3 aliphatic carbocycles. The topological polar surface area (TPSA) is 68.5 Å². The number of primary amides is 1. The Hall–Kier alpha value is -1.31. The van der Waals surface area contributed by atoms with Crippen molar-refractivity contribution in [1.29, 1.82) is 0 Å². The molecule has 8 heteroatoms. The molecule has 5 rings (SSSR count). The van der Waals surface area contributed by atoms with Crippen molar-refractivity contribution in [1.82, 2.24) is 9.88 Å². The molecule has 2 bridgehead atoms. The van der Waals surface area contributed by atoms with Crippen LogP contribution in [0, 0.1) is 23.7 Å². The first-order chi connectivity index (χ1) is 13.4. The maximum Gasteiger partial charge on any atom is 0.267 e. The van der Waals surface area contributed by atoms with Crippen molar-refractivity contribution in [2.45, 2.75) is 49.7 Å². The molecule has 4 aliphatic rings. The summed E-state index contributed by atoms with van der Waals surface area (Å²) < 4.78 is 33.5. The predicted molar refractivity (Wildman–Crippen MR) is 106 cm³/mol. The normalized spacial score (nSPS) is 40.0. The number of nitrogens with two attached hydrogens (primary N) is 1. The van der Waals surface area contributed by atoms with Gasteiger partial charge in [0.2, 0.25) is 0 Å². The number of carbonyl (C=O) groups excluding carboxylic acids is 1. The first-order valence-corrected chi connectivity index (χ1v) is 10.3. The number of hydrogen-bond acceptors (Lipinski definition) is 4. The number of pyridine rings is 1. The van der Waals surface area contributed by atoms with E-state index in [0.29, 0.717) is 12.8 Å². The van der Waals surface area contributed by atoms with Gasteiger partial charge in [0.05, 0.1) is 0 Å². The molecule has 1 unspecified atom stereocenters. The lowest BCUT2D eigenvalue weighted by Crippen LogP contribution is -2.60. The van der Waals surface area contributed by atoms with Gasteiger partial charge in [-0.2, -0.15) is 0 Å². The summed E-state index contributed by atoms with van der Waals surface area (Å²) in [5, 5.41) is 0. The Bertz CT molecular complexity index is 780. The van der Waals surface area contributed by atoms with Crippen molar-refractivity contribution in [2.75, 3.05) is 20.2 Å². The number of aromatic nitrogens is 1. The number of methoxy groups -OCH3 is 1. The lowest BCUT2D eigenvalue weighted by atomic mass is 9.62. The Morgan fingerprint density at radius 1 is 1.24 bits per heavy atom. The molecule has 29 heavy (non-hydrogen) atoms. The first-order valence-electron chi connectivity index (χ1n) is 10.3. The number of likely N-dealkylation sites (tertiary alicyclic amines) is 1. The summed E-state index contributed by atoms with van der Waals surface area (Å²) in [5.41, 5.74) is 6.20. The molecular formula is C21H28ClF2N3O2. The van der Waals surface area contributed by atoms with Gasteiger partial charge in [-0.1, -0.05) is 6.42 Å². The Morgan fingerprint density at radius 3 is 2.41 bits per heavy atom. The highest BCUT2D eigenvalue weighted by Crippen LogP contribution is 2.65. The van der Waals surface area contributed by atoms with E-state index in [0.717, 1.165) is 37.9 Å². The third kappa shape index (κ3) is 3.00. The molecule has 0 aromatic carbocycles. The van der Waals surface area contributed by atoms with Gasteiger partial charge in [0.1, 0.15) is 11.3 Å². The van der Waals surface area contributed by atoms with Gasteiger partial charge in [-0.3, -0.25) is 14.7 Å². The van der Waals surface area contributed by atoms with Gasteiger partial charge in [-0.25, -0.2) is 8.78 Å².